The Hall–Kier alpha value is -1.12. The molecular weight excluding hydrogens is 174 g/mol. The van der Waals surface area contributed by atoms with E-state index in [-0.39, 0.29) is 5.92 Å². The second-order valence-electron chi connectivity index (χ2n) is 3.88. The summed E-state index contributed by atoms with van der Waals surface area (Å²) in [4.78, 5) is 8.15. The van der Waals surface area contributed by atoms with Gasteiger partial charge in [0.05, 0.1) is 17.1 Å². The Morgan fingerprint density at radius 3 is 1.86 bits per heavy atom. The maximum atomic E-state index is 6.00. The molecule has 0 aliphatic rings. The molecule has 0 atom stereocenters. The lowest BCUT2D eigenvalue weighted by molar-refractivity contribution is 0.746. The van der Waals surface area contributed by atoms with Crippen LogP contribution in [0.5, 0.6) is 0 Å². The van der Waals surface area contributed by atoms with Crippen molar-refractivity contribution in [3.05, 3.63) is 11.4 Å². The van der Waals surface area contributed by atoms with Crippen molar-refractivity contribution in [3.63, 3.8) is 0 Å². The van der Waals surface area contributed by atoms with Crippen LogP contribution in [0.1, 0.15) is 27.7 Å². The van der Waals surface area contributed by atoms with Crippen molar-refractivity contribution < 1.29 is 0 Å². The molecule has 0 heterocycles. The predicted octanol–water partition coefficient (Wildman–Crippen LogP) is 2.24. The topological polar surface area (TPSA) is 50.7 Å². The highest BCUT2D eigenvalue weighted by atomic mass is 14.8. The first-order chi connectivity index (χ1) is 6.45. The molecule has 3 heteroatoms. The first kappa shape index (κ1) is 12.9. The molecule has 0 spiro atoms. The summed E-state index contributed by atoms with van der Waals surface area (Å²) in [6.07, 6.45) is 0. The van der Waals surface area contributed by atoms with Gasteiger partial charge in [-0.05, 0) is 18.6 Å². The molecule has 0 aromatic carbocycles. The number of nitrogens with zero attached hydrogens (tertiary/aromatic N) is 2. The monoisotopic (exact) mass is 195 g/mol. The van der Waals surface area contributed by atoms with Crippen molar-refractivity contribution in [2.75, 3.05) is 7.05 Å². The number of nitrogens with two attached hydrogens (primary N) is 1. The lowest BCUT2D eigenvalue weighted by atomic mass is 10.00. The molecular formula is C11H21N3. The largest absolute Gasteiger partial charge is 0.396 e. The highest BCUT2D eigenvalue weighted by Gasteiger charge is 2.14. The van der Waals surface area contributed by atoms with Crippen LogP contribution in [0.3, 0.4) is 0 Å². The fourth-order valence-corrected chi connectivity index (χ4v) is 1.40. The van der Waals surface area contributed by atoms with Crippen LogP contribution in [-0.4, -0.2) is 19.5 Å². The van der Waals surface area contributed by atoms with E-state index in [4.69, 9.17) is 5.73 Å². The Morgan fingerprint density at radius 2 is 1.64 bits per heavy atom. The van der Waals surface area contributed by atoms with Crippen molar-refractivity contribution in [3.8, 4) is 0 Å². The molecule has 3 nitrogen and oxygen atoms in total. The Bertz CT molecular complexity index is 260. The average Bonchev–Trinajstić information content (AvgIpc) is 2.04. The lowest BCUT2D eigenvalue weighted by Crippen LogP contribution is -2.20. The minimum absolute atomic E-state index is 0.281. The van der Waals surface area contributed by atoms with Crippen LogP contribution in [0.15, 0.2) is 21.4 Å². The van der Waals surface area contributed by atoms with Crippen molar-refractivity contribution in [1.29, 1.82) is 0 Å². The standard InChI is InChI=1S/C11H21N3/c1-7(2)10(13-5)9(12)11(14-6)8(3)4/h7-8H,5,12H2,1-4,6H3/b10-9+,14-11-. The predicted molar refractivity (Wildman–Crippen MR) is 63.8 cm³/mol. The molecule has 0 saturated heterocycles. The van der Waals surface area contributed by atoms with Gasteiger partial charge in [0, 0.05) is 7.05 Å². The minimum Gasteiger partial charge on any atom is -0.396 e. The molecule has 14 heavy (non-hydrogen) atoms. The molecule has 0 aliphatic heterocycles. The zero-order valence-electron chi connectivity index (χ0n) is 9.83. The third kappa shape index (κ3) is 2.98. The first-order valence-electron chi connectivity index (χ1n) is 4.89. The number of aliphatic imine (C=N–C) groups is 2. The van der Waals surface area contributed by atoms with Crippen LogP contribution in [-0.2, 0) is 0 Å². The Labute approximate surface area is 86.8 Å². The van der Waals surface area contributed by atoms with Crippen LogP contribution >= 0.6 is 0 Å². The molecule has 0 aromatic rings. The zero-order valence-corrected chi connectivity index (χ0v) is 9.83. The highest BCUT2D eigenvalue weighted by molar-refractivity contribution is 6.01. The Kier molecular flexibility index (Phi) is 5.13. The van der Waals surface area contributed by atoms with Gasteiger partial charge in [-0.25, -0.2) is 0 Å². The van der Waals surface area contributed by atoms with Gasteiger partial charge in [-0.15, -0.1) is 0 Å². The summed E-state index contributed by atoms with van der Waals surface area (Å²) in [5.74, 6) is 0.596. The van der Waals surface area contributed by atoms with Gasteiger partial charge in [0.1, 0.15) is 0 Å². The molecule has 2 N–H and O–H groups in total. The average molecular weight is 195 g/mol. The smallest absolute Gasteiger partial charge is 0.0751 e. The third-order valence-electron chi connectivity index (χ3n) is 2.06. The molecule has 80 valence electrons. The second kappa shape index (κ2) is 5.58. The van der Waals surface area contributed by atoms with E-state index in [1.54, 1.807) is 7.05 Å². The van der Waals surface area contributed by atoms with E-state index in [0.29, 0.717) is 11.6 Å². The van der Waals surface area contributed by atoms with Crippen molar-refractivity contribution >= 4 is 12.4 Å². The lowest BCUT2D eigenvalue weighted by Gasteiger charge is -2.14. The van der Waals surface area contributed by atoms with E-state index < -0.39 is 0 Å². The normalized spacial score (nSPS) is 14.6. The SMILES string of the molecule is C=N/C(=C(N)\C(=N/C)C(C)C)C(C)C. The van der Waals surface area contributed by atoms with Gasteiger partial charge in [-0.1, -0.05) is 27.7 Å². The summed E-state index contributed by atoms with van der Waals surface area (Å²) in [6.45, 7) is 11.8. The van der Waals surface area contributed by atoms with E-state index >= 15 is 0 Å². The summed E-state index contributed by atoms with van der Waals surface area (Å²) in [5.41, 5.74) is 8.41. The minimum atomic E-state index is 0.281. The van der Waals surface area contributed by atoms with Crippen LogP contribution in [0.4, 0.5) is 0 Å². The fraction of sp³-hybridized carbons (Fsp3) is 0.636. The van der Waals surface area contributed by atoms with Crippen LogP contribution in [0.2, 0.25) is 0 Å². The molecule has 0 amide bonds. The first-order valence-corrected chi connectivity index (χ1v) is 4.89. The molecule has 0 rings (SSSR count). The van der Waals surface area contributed by atoms with E-state index in [1.165, 1.54) is 0 Å². The van der Waals surface area contributed by atoms with E-state index in [2.05, 4.69) is 30.5 Å². The summed E-state index contributed by atoms with van der Waals surface area (Å²) < 4.78 is 0. The summed E-state index contributed by atoms with van der Waals surface area (Å²) in [5, 5.41) is 0. The Morgan fingerprint density at radius 1 is 1.14 bits per heavy atom. The summed E-state index contributed by atoms with van der Waals surface area (Å²) in [6, 6.07) is 0. The molecule has 0 radical (unpaired) electrons. The van der Waals surface area contributed by atoms with Crippen molar-refractivity contribution in [2.24, 2.45) is 27.6 Å². The number of allylic oxidation sites excluding steroid dienone is 2. The maximum absolute atomic E-state index is 6.00. The van der Waals surface area contributed by atoms with Gasteiger partial charge in [-0.2, -0.15) is 0 Å². The van der Waals surface area contributed by atoms with E-state index in [1.807, 2.05) is 13.8 Å². The zero-order chi connectivity index (χ0) is 11.3. The maximum Gasteiger partial charge on any atom is 0.0751 e. The second-order valence-corrected chi connectivity index (χ2v) is 3.88. The number of rotatable bonds is 4. The molecule has 0 fully saturated rings. The van der Waals surface area contributed by atoms with Gasteiger partial charge >= 0.3 is 0 Å². The summed E-state index contributed by atoms with van der Waals surface area (Å²) >= 11 is 0. The quantitative estimate of drug-likeness (QED) is 0.687. The van der Waals surface area contributed by atoms with Crippen LogP contribution in [0.25, 0.3) is 0 Å². The third-order valence-corrected chi connectivity index (χ3v) is 2.06. The van der Waals surface area contributed by atoms with Gasteiger partial charge in [0.15, 0.2) is 0 Å². The molecule has 0 aliphatic carbocycles. The molecule has 0 unspecified atom stereocenters. The fourth-order valence-electron chi connectivity index (χ4n) is 1.40. The summed E-state index contributed by atoms with van der Waals surface area (Å²) in [7, 11) is 1.75. The van der Waals surface area contributed by atoms with Gasteiger partial charge < -0.3 is 5.73 Å². The Balaban J connectivity index is 5.23. The van der Waals surface area contributed by atoms with Crippen LogP contribution in [0, 0.1) is 11.8 Å². The van der Waals surface area contributed by atoms with Gasteiger partial charge in [0.25, 0.3) is 0 Å². The molecule has 0 aromatic heterocycles. The van der Waals surface area contributed by atoms with Crippen LogP contribution < -0.4 is 5.73 Å². The van der Waals surface area contributed by atoms with E-state index in [0.717, 1.165) is 11.4 Å². The van der Waals surface area contributed by atoms with E-state index in [9.17, 15) is 0 Å². The highest BCUT2D eigenvalue weighted by Crippen LogP contribution is 2.16. The van der Waals surface area contributed by atoms with Crippen molar-refractivity contribution in [1.82, 2.24) is 0 Å². The van der Waals surface area contributed by atoms with Crippen molar-refractivity contribution in [2.45, 2.75) is 27.7 Å². The van der Waals surface area contributed by atoms with Gasteiger partial charge in [-0.3, -0.25) is 9.98 Å². The number of hydrogen-bond donors (Lipinski definition) is 1. The molecule has 0 bridgehead atoms. The van der Waals surface area contributed by atoms with Gasteiger partial charge in [0.2, 0.25) is 0 Å². The molecule has 0 saturated carbocycles. The number of hydrogen-bond acceptors (Lipinski definition) is 3.